The molecule has 0 spiro atoms. The highest BCUT2D eigenvalue weighted by Gasteiger charge is 2.36. The predicted molar refractivity (Wildman–Crippen MR) is 99.1 cm³/mol. The summed E-state index contributed by atoms with van der Waals surface area (Å²) in [6.45, 7) is 11.2. The third kappa shape index (κ3) is 4.26. The van der Waals surface area contributed by atoms with Crippen LogP contribution in [0.2, 0.25) is 0 Å². The minimum Gasteiger partial charge on any atom is -0.444 e. The molecule has 0 aromatic carbocycles. The molecule has 1 N–H and O–H groups in total. The minimum atomic E-state index is -0.516. The van der Waals surface area contributed by atoms with Gasteiger partial charge in [-0.25, -0.2) is 14.8 Å². The fourth-order valence-electron chi connectivity index (χ4n) is 3.62. The first-order chi connectivity index (χ1) is 12.2. The Kier molecular flexibility index (Phi) is 5.37. The molecule has 7 nitrogen and oxygen atoms in total. The van der Waals surface area contributed by atoms with Crippen molar-refractivity contribution in [2.75, 3.05) is 18.5 Å². The van der Waals surface area contributed by atoms with Crippen LogP contribution in [0.3, 0.4) is 0 Å². The van der Waals surface area contributed by atoms with E-state index >= 15 is 0 Å². The number of rotatable bonds is 2. The van der Waals surface area contributed by atoms with Gasteiger partial charge in [-0.3, -0.25) is 4.90 Å². The number of ether oxygens (including phenoxy) is 2. The Morgan fingerprint density at radius 3 is 2.65 bits per heavy atom. The van der Waals surface area contributed by atoms with Crippen LogP contribution in [0.25, 0.3) is 0 Å². The van der Waals surface area contributed by atoms with Crippen molar-refractivity contribution in [2.45, 2.75) is 77.6 Å². The van der Waals surface area contributed by atoms with Crippen molar-refractivity contribution in [1.82, 2.24) is 14.9 Å². The molecule has 0 unspecified atom stereocenters. The lowest BCUT2D eigenvalue weighted by Gasteiger charge is -2.40. The van der Waals surface area contributed by atoms with Crippen LogP contribution in [0.4, 0.5) is 10.7 Å². The standard InChI is InChI=1S/C19H30N4O3/c1-12-10-14-11-20-17(21-15-6-8-25-9-7-15)22-16(14)13(2)23(12)18(24)26-19(3,4)5/h11-13,15H,6-10H2,1-5H3,(H,20,21,22)/t12-,13-/m1/s1. The van der Waals surface area contributed by atoms with Crippen LogP contribution in [0.1, 0.15) is 64.8 Å². The lowest BCUT2D eigenvalue weighted by atomic mass is 9.95. The Morgan fingerprint density at radius 2 is 2.00 bits per heavy atom. The summed E-state index contributed by atoms with van der Waals surface area (Å²) in [5.41, 5.74) is 1.49. The van der Waals surface area contributed by atoms with Crippen LogP contribution in [0.15, 0.2) is 6.20 Å². The third-order valence-corrected chi connectivity index (χ3v) is 4.86. The summed E-state index contributed by atoms with van der Waals surface area (Å²) in [7, 11) is 0. The fourth-order valence-corrected chi connectivity index (χ4v) is 3.62. The van der Waals surface area contributed by atoms with Crippen LogP contribution in [-0.4, -0.2) is 51.9 Å². The first kappa shape index (κ1) is 18.9. The van der Waals surface area contributed by atoms with E-state index in [1.807, 2.05) is 40.8 Å². The van der Waals surface area contributed by atoms with E-state index in [2.05, 4.69) is 10.3 Å². The largest absolute Gasteiger partial charge is 0.444 e. The summed E-state index contributed by atoms with van der Waals surface area (Å²) in [5.74, 6) is 0.626. The highest BCUT2D eigenvalue weighted by atomic mass is 16.6. The number of carbonyl (C=O) groups excluding carboxylic acids is 1. The molecule has 26 heavy (non-hydrogen) atoms. The molecule has 1 fully saturated rings. The fraction of sp³-hybridized carbons (Fsp3) is 0.737. The van der Waals surface area contributed by atoms with Gasteiger partial charge in [-0.05, 0) is 59.4 Å². The molecule has 1 saturated heterocycles. The molecule has 1 amide bonds. The Labute approximate surface area is 155 Å². The van der Waals surface area contributed by atoms with Gasteiger partial charge in [0.25, 0.3) is 0 Å². The molecule has 3 heterocycles. The molecule has 1 aromatic rings. The van der Waals surface area contributed by atoms with Gasteiger partial charge in [0.2, 0.25) is 5.95 Å². The lowest BCUT2D eigenvalue weighted by Crippen LogP contribution is -2.47. The van der Waals surface area contributed by atoms with Gasteiger partial charge in [-0.2, -0.15) is 0 Å². The van der Waals surface area contributed by atoms with Crippen LogP contribution in [0, 0.1) is 0 Å². The first-order valence-electron chi connectivity index (χ1n) is 9.46. The quantitative estimate of drug-likeness (QED) is 0.870. The number of hydrogen-bond donors (Lipinski definition) is 1. The SMILES string of the molecule is C[C@@H]1Cc2cnc(NC3CCOCC3)nc2[C@@H](C)N1C(=O)OC(C)(C)C. The second-order valence-corrected chi connectivity index (χ2v) is 8.25. The Bertz CT molecular complexity index is 653. The maximum atomic E-state index is 12.7. The van der Waals surface area contributed by atoms with E-state index in [9.17, 15) is 4.79 Å². The zero-order valence-electron chi connectivity index (χ0n) is 16.4. The zero-order chi connectivity index (χ0) is 18.9. The number of amides is 1. The Balaban J connectivity index is 1.78. The van der Waals surface area contributed by atoms with Gasteiger partial charge >= 0.3 is 6.09 Å². The normalized spacial score (nSPS) is 24.1. The van der Waals surface area contributed by atoms with Crippen molar-refractivity contribution < 1.29 is 14.3 Å². The van der Waals surface area contributed by atoms with Gasteiger partial charge in [0.1, 0.15) is 5.60 Å². The Hall–Kier alpha value is -1.89. The van der Waals surface area contributed by atoms with Crippen molar-refractivity contribution >= 4 is 12.0 Å². The van der Waals surface area contributed by atoms with Crippen molar-refractivity contribution in [3.05, 3.63) is 17.5 Å². The summed E-state index contributed by atoms with van der Waals surface area (Å²) in [4.78, 5) is 23.7. The molecule has 0 radical (unpaired) electrons. The average molecular weight is 362 g/mol. The number of anilines is 1. The van der Waals surface area contributed by atoms with Gasteiger partial charge < -0.3 is 14.8 Å². The van der Waals surface area contributed by atoms with Crippen molar-refractivity contribution in [1.29, 1.82) is 0 Å². The second-order valence-electron chi connectivity index (χ2n) is 8.25. The van der Waals surface area contributed by atoms with Gasteiger partial charge in [-0.15, -0.1) is 0 Å². The monoisotopic (exact) mass is 362 g/mol. The number of nitrogens with one attached hydrogen (secondary N) is 1. The molecule has 7 heteroatoms. The van der Waals surface area contributed by atoms with E-state index < -0.39 is 5.60 Å². The number of carbonyl (C=O) groups is 1. The topological polar surface area (TPSA) is 76.6 Å². The second kappa shape index (κ2) is 7.39. The highest BCUT2D eigenvalue weighted by molar-refractivity contribution is 5.69. The van der Waals surface area contributed by atoms with Gasteiger partial charge in [-0.1, -0.05) is 0 Å². The maximum Gasteiger partial charge on any atom is 0.411 e. The summed E-state index contributed by atoms with van der Waals surface area (Å²) in [5, 5.41) is 3.41. The molecule has 2 aliphatic heterocycles. The number of nitrogens with zero attached hydrogens (tertiary/aromatic N) is 3. The lowest BCUT2D eigenvalue weighted by molar-refractivity contribution is 0.00518. The van der Waals surface area contributed by atoms with Gasteiger partial charge in [0, 0.05) is 31.5 Å². The van der Waals surface area contributed by atoms with E-state index in [-0.39, 0.29) is 18.2 Å². The van der Waals surface area contributed by atoms with Crippen LogP contribution in [-0.2, 0) is 15.9 Å². The summed E-state index contributed by atoms with van der Waals surface area (Å²) < 4.78 is 11.0. The van der Waals surface area contributed by atoms with E-state index in [0.717, 1.165) is 43.7 Å². The van der Waals surface area contributed by atoms with Gasteiger partial charge in [0.05, 0.1) is 11.7 Å². The van der Waals surface area contributed by atoms with Crippen molar-refractivity contribution in [3.63, 3.8) is 0 Å². The van der Waals surface area contributed by atoms with E-state index in [1.54, 1.807) is 4.90 Å². The maximum absolute atomic E-state index is 12.7. The number of hydrogen-bond acceptors (Lipinski definition) is 6. The molecule has 1 aromatic heterocycles. The van der Waals surface area contributed by atoms with E-state index in [0.29, 0.717) is 12.0 Å². The third-order valence-electron chi connectivity index (χ3n) is 4.86. The number of fused-ring (bicyclic) bond motifs is 1. The van der Waals surface area contributed by atoms with Crippen molar-refractivity contribution in [3.8, 4) is 0 Å². The Morgan fingerprint density at radius 1 is 1.31 bits per heavy atom. The molecule has 2 atom stereocenters. The molecule has 0 bridgehead atoms. The van der Waals surface area contributed by atoms with E-state index in [1.165, 1.54) is 0 Å². The average Bonchev–Trinajstić information content (AvgIpc) is 2.55. The first-order valence-corrected chi connectivity index (χ1v) is 9.46. The summed E-state index contributed by atoms with van der Waals surface area (Å²) >= 11 is 0. The van der Waals surface area contributed by atoms with Crippen LogP contribution < -0.4 is 5.32 Å². The molecular weight excluding hydrogens is 332 g/mol. The van der Waals surface area contributed by atoms with E-state index in [4.69, 9.17) is 14.5 Å². The smallest absolute Gasteiger partial charge is 0.411 e. The molecule has 144 valence electrons. The van der Waals surface area contributed by atoms with Crippen LogP contribution >= 0.6 is 0 Å². The zero-order valence-corrected chi connectivity index (χ0v) is 16.4. The summed E-state index contributed by atoms with van der Waals surface area (Å²) in [6, 6.07) is 0.230. The highest BCUT2D eigenvalue weighted by Crippen LogP contribution is 2.33. The van der Waals surface area contributed by atoms with Crippen LogP contribution in [0.5, 0.6) is 0 Å². The molecular formula is C19H30N4O3. The summed E-state index contributed by atoms with van der Waals surface area (Å²) in [6.07, 6.45) is 4.24. The molecule has 2 aliphatic rings. The van der Waals surface area contributed by atoms with Crippen molar-refractivity contribution in [2.24, 2.45) is 0 Å². The predicted octanol–water partition coefficient (Wildman–Crippen LogP) is 3.31. The van der Waals surface area contributed by atoms with Gasteiger partial charge in [0.15, 0.2) is 0 Å². The molecule has 0 saturated carbocycles. The molecule has 0 aliphatic carbocycles. The minimum absolute atomic E-state index is 0.0465. The molecule has 3 rings (SSSR count). The number of aromatic nitrogens is 2.